The second-order valence-electron chi connectivity index (χ2n) is 5.57. The minimum Gasteiger partial charge on any atom is -0.478 e. The molecule has 0 radical (unpaired) electrons. The molecule has 0 aliphatic heterocycles. The Labute approximate surface area is 151 Å². The number of alkyl halides is 1. The molecule has 1 aromatic carbocycles. The molecule has 1 atom stereocenters. The van der Waals surface area contributed by atoms with Crippen LogP contribution in [0.4, 0.5) is 4.39 Å². The first-order valence-electron chi connectivity index (χ1n) is 7.21. The predicted molar refractivity (Wildman–Crippen MR) is 95.6 cm³/mol. The lowest BCUT2D eigenvalue weighted by Crippen LogP contribution is -2.07. The number of halogens is 3. The quantitative estimate of drug-likeness (QED) is 0.600. The number of aryl methyl sites for hydroxylation is 1. The summed E-state index contributed by atoms with van der Waals surface area (Å²) in [6.45, 7) is 3.69. The lowest BCUT2D eigenvalue weighted by atomic mass is 10.0. The van der Waals surface area contributed by atoms with Crippen molar-refractivity contribution < 1.29 is 14.3 Å². The lowest BCUT2D eigenvalue weighted by molar-refractivity contribution is -0.132. The number of hydrogen-bond donors (Lipinski definition) is 1. The van der Waals surface area contributed by atoms with Gasteiger partial charge in [-0.3, -0.25) is 0 Å². The minimum absolute atomic E-state index is 0. The zero-order valence-electron chi connectivity index (χ0n) is 13.4. The summed E-state index contributed by atoms with van der Waals surface area (Å²) in [5.74, 6) is -1.04. The van der Waals surface area contributed by atoms with Gasteiger partial charge in [-0.2, -0.15) is 0 Å². The summed E-state index contributed by atoms with van der Waals surface area (Å²) in [4.78, 5) is 15.4. The van der Waals surface area contributed by atoms with E-state index >= 15 is 0 Å². The number of carboxylic acids is 1. The first-order chi connectivity index (χ1) is 10.9. The molecular weight excluding hydrogens is 354 g/mol. The SMILES string of the molecule is Cc1cn(-c2ccc(/C=C(\C[C@H](C)CCl)C(=O)O)cc2F)cn1.Cl. The van der Waals surface area contributed by atoms with Crippen molar-refractivity contribution in [2.45, 2.75) is 20.3 Å². The molecule has 0 aliphatic carbocycles. The molecule has 0 bridgehead atoms. The molecule has 24 heavy (non-hydrogen) atoms. The van der Waals surface area contributed by atoms with Gasteiger partial charge in [0.1, 0.15) is 5.82 Å². The molecule has 2 aromatic rings. The van der Waals surface area contributed by atoms with Gasteiger partial charge in [-0.25, -0.2) is 14.2 Å². The van der Waals surface area contributed by atoms with E-state index in [0.29, 0.717) is 23.6 Å². The van der Waals surface area contributed by atoms with Crippen LogP contribution in [-0.2, 0) is 4.79 Å². The zero-order valence-corrected chi connectivity index (χ0v) is 14.9. The molecule has 2 rings (SSSR count). The van der Waals surface area contributed by atoms with Gasteiger partial charge in [-0.05, 0) is 43.0 Å². The third kappa shape index (κ3) is 5.08. The summed E-state index contributed by atoms with van der Waals surface area (Å²) < 4.78 is 15.9. The van der Waals surface area contributed by atoms with Crippen LogP contribution < -0.4 is 0 Å². The molecule has 4 nitrogen and oxygen atoms in total. The van der Waals surface area contributed by atoms with Crippen molar-refractivity contribution in [3.63, 3.8) is 0 Å². The standard InChI is InChI=1S/C17H18ClFN2O2.ClH/c1-11(8-18)5-14(17(22)23)6-13-3-4-16(15(19)7-13)21-9-12(2)20-10-21;/h3-4,6-7,9-11H,5,8H2,1-2H3,(H,22,23);1H/b14-6+;/t11-;/m0./s1. The van der Waals surface area contributed by atoms with E-state index in [0.717, 1.165) is 5.69 Å². The van der Waals surface area contributed by atoms with Crippen molar-refractivity contribution in [2.24, 2.45) is 5.92 Å². The fraction of sp³-hybridized carbons (Fsp3) is 0.294. The predicted octanol–water partition coefficient (Wildman–Crippen LogP) is 4.47. The number of hydrogen-bond acceptors (Lipinski definition) is 2. The molecule has 0 spiro atoms. The van der Waals surface area contributed by atoms with Crippen molar-refractivity contribution in [2.75, 3.05) is 5.88 Å². The number of carboxylic acid groups (broad SMARTS) is 1. The van der Waals surface area contributed by atoms with E-state index in [1.165, 1.54) is 18.5 Å². The van der Waals surface area contributed by atoms with Crippen LogP contribution in [0.25, 0.3) is 11.8 Å². The van der Waals surface area contributed by atoms with Gasteiger partial charge in [0.15, 0.2) is 0 Å². The van der Waals surface area contributed by atoms with Gasteiger partial charge >= 0.3 is 5.97 Å². The maximum absolute atomic E-state index is 14.3. The monoisotopic (exact) mass is 372 g/mol. The molecule has 0 unspecified atom stereocenters. The maximum atomic E-state index is 14.3. The average Bonchev–Trinajstić information content (AvgIpc) is 2.92. The second kappa shape index (κ2) is 8.85. The largest absolute Gasteiger partial charge is 0.478 e. The highest BCUT2D eigenvalue weighted by Gasteiger charge is 2.13. The van der Waals surface area contributed by atoms with Gasteiger partial charge in [0, 0.05) is 17.6 Å². The van der Waals surface area contributed by atoms with Crippen LogP contribution in [0.2, 0.25) is 0 Å². The third-order valence-electron chi connectivity index (χ3n) is 3.41. The molecule has 1 N–H and O–H groups in total. The minimum atomic E-state index is -1.02. The summed E-state index contributed by atoms with van der Waals surface area (Å²) >= 11 is 5.73. The Bertz CT molecular complexity index is 744. The van der Waals surface area contributed by atoms with Gasteiger partial charge < -0.3 is 9.67 Å². The average molecular weight is 373 g/mol. The molecule has 0 amide bonds. The van der Waals surface area contributed by atoms with E-state index in [9.17, 15) is 14.3 Å². The van der Waals surface area contributed by atoms with Crippen LogP contribution in [0.15, 0.2) is 36.3 Å². The molecular formula is C17H19Cl2FN2O2. The molecule has 1 aromatic heterocycles. The van der Waals surface area contributed by atoms with Crippen molar-refractivity contribution in [3.8, 4) is 5.69 Å². The summed E-state index contributed by atoms with van der Waals surface area (Å²) in [5, 5.41) is 9.27. The van der Waals surface area contributed by atoms with Crippen molar-refractivity contribution in [1.29, 1.82) is 0 Å². The van der Waals surface area contributed by atoms with Crippen LogP contribution >= 0.6 is 24.0 Å². The summed E-state index contributed by atoms with van der Waals surface area (Å²) in [7, 11) is 0. The Morgan fingerprint density at radius 3 is 2.71 bits per heavy atom. The van der Waals surface area contributed by atoms with E-state index < -0.39 is 11.8 Å². The number of carbonyl (C=O) groups is 1. The highest BCUT2D eigenvalue weighted by atomic mass is 35.5. The van der Waals surface area contributed by atoms with Crippen molar-refractivity contribution in [1.82, 2.24) is 9.55 Å². The Hall–Kier alpha value is -1.85. The smallest absolute Gasteiger partial charge is 0.331 e. The van der Waals surface area contributed by atoms with E-state index in [2.05, 4.69) is 4.98 Å². The Balaban J connectivity index is 0.00000288. The maximum Gasteiger partial charge on any atom is 0.331 e. The summed E-state index contributed by atoms with van der Waals surface area (Å²) in [5.41, 5.74) is 1.87. The van der Waals surface area contributed by atoms with Gasteiger partial charge in [0.25, 0.3) is 0 Å². The normalized spacial score (nSPS) is 12.6. The number of rotatable bonds is 6. The topological polar surface area (TPSA) is 55.1 Å². The summed E-state index contributed by atoms with van der Waals surface area (Å²) in [6, 6.07) is 4.60. The van der Waals surface area contributed by atoms with E-state index in [1.54, 1.807) is 22.9 Å². The number of aliphatic carboxylic acids is 1. The Kier molecular flexibility index (Phi) is 7.45. The zero-order chi connectivity index (χ0) is 17.0. The number of imidazole rings is 1. The first-order valence-corrected chi connectivity index (χ1v) is 7.74. The van der Waals surface area contributed by atoms with Crippen molar-refractivity contribution in [3.05, 3.63) is 53.4 Å². The number of benzene rings is 1. The number of aromatic nitrogens is 2. The highest BCUT2D eigenvalue weighted by Crippen LogP contribution is 2.20. The van der Waals surface area contributed by atoms with Crippen LogP contribution in [-0.4, -0.2) is 26.5 Å². The summed E-state index contributed by atoms with van der Waals surface area (Å²) in [6.07, 6.45) is 5.08. The molecule has 130 valence electrons. The third-order valence-corrected chi connectivity index (χ3v) is 3.94. The van der Waals surface area contributed by atoms with Gasteiger partial charge in [0.05, 0.1) is 17.7 Å². The van der Waals surface area contributed by atoms with Crippen LogP contribution in [0.5, 0.6) is 0 Å². The molecule has 0 saturated heterocycles. The Morgan fingerprint density at radius 2 is 2.21 bits per heavy atom. The van der Waals surface area contributed by atoms with Crippen molar-refractivity contribution >= 4 is 36.1 Å². The molecule has 0 aliphatic rings. The van der Waals surface area contributed by atoms with Gasteiger partial charge in [-0.15, -0.1) is 24.0 Å². The van der Waals surface area contributed by atoms with E-state index in [-0.39, 0.29) is 23.9 Å². The van der Waals surface area contributed by atoms with Gasteiger partial charge in [-0.1, -0.05) is 13.0 Å². The highest BCUT2D eigenvalue weighted by molar-refractivity contribution is 6.18. The molecule has 1 heterocycles. The fourth-order valence-electron chi connectivity index (χ4n) is 2.21. The Morgan fingerprint density at radius 1 is 1.50 bits per heavy atom. The number of nitrogens with zero attached hydrogens (tertiary/aromatic N) is 2. The lowest BCUT2D eigenvalue weighted by Gasteiger charge is -2.09. The van der Waals surface area contributed by atoms with Crippen LogP contribution in [0.1, 0.15) is 24.6 Å². The molecule has 0 saturated carbocycles. The van der Waals surface area contributed by atoms with E-state index in [1.807, 2.05) is 13.8 Å². The fourth-order valence-corrected chi connectivity index (χ4v) is 2.32. The van der Waals surface area contributed by atoms with E-state index in [4.69, 9.17) is 11.6 Å². The molecule has 0 fully saturated rings. The van der Waals surface area contributed by atoms with Crippen LogP contribution in [0.3, 0.4) is 0 Å². The van der Waals surface area contributed by atoms with Crippen LogP contribution in [0, 0.1) is 18.7 Å². The first kappa shape index (κ1) is 20.2. The van der Waals surface area contributed by atoms with Gasteiger partial charge in [0.2, 0.25) is 0 Å². The molecule has 7 heteroatoms. The second-order valence-corrected chi connectivity index (χ2v) is 5.88.